The van der Waals surface area contributed by atoms with Gasteiger partial charge >= 0.3 is 6.18 Å². The van der Waals surface area contributed by atoms with E-state index < -0.39 is 17.6 Å². The van der Waals surface area contributed by atoms with E-state index in [-0.39, 0.29) is 23.9 Å². The zero-order valence-corrected chi connectivity index (χ0v) is 54.7. The predicted molar refractivity (Wildman–Crippen MR) is 350 cm³/mol. The topological polar surface area (TPSA) is 87.3 Å². The van der Waals surface area contributed by atoms with Crippen LogP contribution in [0.5, 0.6) is 0 Å². The van der Waals surface area contributed by atoms with Crippen LogP contribution in [0.25, 0.3) is 6.08 Å². The molecule has 0 bridgehead atoms. The third kappa shape index (κ3) is 22.1. The van der Waals surface area contributed by atoms with Crippen molar-refractivity contribution < 1.29 is 41.0 Å². The summed E-state index contributed by atoms with van der Waals surface area (Å²) in [5.74, 6) is -0.639. The second-order valence-electron chi connectivity index (χ2n) is 25.7. The molecule has 0 radical (unpaired) electrons. The fourth-order valence-electron chi connectivity index (χ4n) is 12.5. The largest absolute Gasteiger partial charge is 0.416 e. The van der Waals surface area contributed by atoms with Gasteiger partial charge in [-0.2, -0.15) is 13.2 Å². The molecule has 0 aliphatic heterocycles. The summed E-state index contributed by atoms with van der Waals surface area (Å²) in [6.07, 6.45) is 19.2. The van der Waals surface area contributed by atoms with E-state index in [4.69, 9.17) is 0 Å². The highest BCUT2D eigenvalue weighted by Crippen LogP contribution is 2.32. The van der Waals surface area contributed by atoms with Crippen molar-refractivity contribution in [3.63, 3.8) is 0 Å². The van der Waals surface area contributed by atoms with Crippen LogP contribution in [0.15, 0.2) is 161 Å². The van der Waals surface area contributed by atoms with Crippen LogP contribution in [-0.2, 0) is 50.2 Å². The molecule has 3 N–H and O–H groups in total. The van der Waals surface area contributed by atoms with E-state index in [1.165, 1.54) is 125 Å². The minimum atomic E-state index is -4.46. The Bertz CT molecular complexity index is 3130. The highest BCUT2D eigenvalue weighted by atomic mass is 79.9. The third-order valence-electron chi connectivity index (χ3n) is 17.7. The van der Waals surface area contributed by atoms with E-state index in [0.29, 0.717) is 24.7 Å². The monoisotopic (exact) mass is 1300 g/mol. The average molecular weight is 1310 g/mol. The van der Waals surface area contributed by atoms with E-state index in [1.807, 2.05) is 66.7 Å². The van der Waals surface area contributed by atoms with Gasteiger partial charge in [-0.1, -0.05) is 148 Å². The molecule has 3 aliphatic rings. The Morgan fingerprint density at radius 2 is 0.779 bits per heavy atom. The molecule has 3 aliphatic carbocycles. The van der Waals surface area contributed by atoms with Crippen molar-refractivity contribution in [2.45, 2.75) is 160 Å². The second-order valence-corrected chi connectivity index (χ2v) is 27.5. The molecule has 86 heavy (non-hydrogen) atoms. The van der Waals surface area contributed by atoms with Crippen LogP contribution in [0.2, 0.25) is 0 Å². The Kier molecular flexibility index (Phi) is 25.4. The number of benzene rings is 6. The number of halogens is 5. The molecule has 0 atom stereocenters. The van der Waals surface area contributed by atoms with Gasteiger partial charge < -0.3 is 29.4 Å². The molecule has 9 rings (SSSR count). The molecule has 9 nitrogen and oxygen atoms in total. The fraction of sp³-hybridized carbons (Fsp3) is 0.431. The van der Waals surface area contributed by atoms with E-state index >= 15 is 0 Å². The molecule has 0 aromatic heterocycles. The number of alkyl halides is 3. The van der Waals surface area contributed by atoms with Crippen LogP contribution < -0.4 is 16.0 Å². The molecule has 0 unspecified atom stereocenters. The Hall–Kier alpha value is -5.90. The van der Waals surface area contributed by atoms with Crippen molar-refractivity contribution in [2.24, 2.45) is 0 Å². The SMILES string of the molecule is C[N+](C)(Cc1ccc(CNC(=O)/C=C/c2cccc(Br)c2)cc1)C1CCCCC1.C[N+](C)(Cc1ccc(CNC(=O)c2cccc(Br)c2)cc1)C1CCCCC1.C[N+](C)(Cc1ccc(CNC(=O)c2cccc(C(F)(F)F)c2)cc1)C1CCCCC1. The Labute approximate surface area is 527 Å². The van der Waals surface area contributed by atoms with Crippen molar-refractivity contribution in [3.8, 4) is 0 Å². The number of hydrogen-bond acceptors (Lipinski definition) is 3. The maximum absolute atomic E-state index is 12.8. The van der Waals surface area contributed by atoms with Crippen molar-refractivity contribution >= 4 is 55.7 Å². The molecule has 3 fully saturated rings. The van der Waals surface area contributed by atoms with Crippen LogP contribution in [0, 0.1) is 0 Å². The summed E-state index contributed by atoms with van der Waals surface area (Å²) in [6, 6.07) is 47.6. The molecule has 0 heterocycles. The van der Waals surface area contributed by atoms with Crippen LogP contribution in [0.4, 0.5) is 13.2 Å². The number of carbonyl (C=O) groups excluding carboxylic acids is 3. The summed E-state index contributed by atoms with van der Waals surface area (Å²) >= 11 is 6.85. The highest BCUT2D eigenvalue weighted by Gasteiger charge is 2.33. The van der Waals surface area contributed by atoms with Crippen molar-refractivity contribution in [1.82, 2.24) is 16.0 Å². The van der Waals surface area contributed by atoms with Gasteiger partial charge in [-0.05, 0) is 154 Å². The molecule has 6 aromatic rings. The quantitative estimate of drug-likeness (QED) is 0.0558. The molecule has 0 spiro atoms. The average Bonchev–Trinajstić information content (AvgIpc) is 3.50. The van der Waals surface area contributed by atoms with Crippen molar-refractivity contribution in [1.29, 1.82) is 0 Å². The zero-order valence-electron chi connectivity index (χ0n) is 51.5. The lowest BCUT2D eigenvalue weighted by atomic mass is 9.92. The van der Waals surface area contributed by atoms with Gasteiger partial charge in [-0.25, -0.2) is 0 Å². The van der Waals surface area contributed by atoms with E-state index in [1.54, 1.807) is 6.08 Å². The number of nitrogens with one attached hydrogen (secondary N) is 3. The number of quaternary nitrogens is 3. The maximum atomic E-state index is 12.8. The Balaban J connectivity index is 0.000000185. The van der Waals surface area contributed by atoms with Crippen LogP contribution in [0.3, 0.4) is 0 Å². The first-order chi connectivity index (χ1) is 41.0. The second kappa shape index (κ2) is 32.4. The van der Waals surface area contributed by atoms with Gasteiger partial charge in [-0.3, -0.25) is 14.4 Å². The maximum Gasteiger partial charge on any atom is 0.416 e. The molecule has 6 aromatic carbocycles. The molecular weight excluding hydrogens is 1210 g/mol. The van der Waals surface area contributed by atoms with Gasteiger partial charge in [0.05, 0.1) is 66.0 Å². The first-order valence-corrected chi connectivity index (χ1v) is 32.5. The summed E-state index contributed by atoms with van der Waals surface area (Å²) in [5.41, 5.74) is 8.01. The lowest BCUT2D eigenvalue weighted by molar-refractivity contribution is -0.929. The van der Waals surface area contributed by atoms with E-state index in [0.717, 1.165) is 88.5 Å². The summed E-state index contributed by atoms with van der Waals surface area (Å²) in [6.45, 7) is 4.45. The van der Waals surface area contributed by atoms with Gasteiger partial charge in [0.2, 0.25) is 5.91 Å². The lowest BCUT2D eigenvalue weighted by Crippen LogP contribution is -2.48. The smallest absolute Gasteiger partial charge is 0.348 e. The standard InChI is InChI=1S/C25H31BrN2O.C24H29F3N2O.C23H29BrN2O/c1-28(2,24-9-4-3-5-10-24)19-22-13-11-21(12-14-22)18-27-25(29)16-15-20-7-6-8-23(26)17-20;1-29(2,22-9-4-3-5-10-22)17-19-13-11-18(12-14-19)16-28-23(30)20-7-6-8-21(15-20)24(25,26)27;1-26(2,22-9-4-3-5-10-22)17-19-13-11-18(12-14-19)16-25-23(27)20-7-6-8-21(24)15-20/h6-8,11-17,24H,3-5,9-10,18-19H2,1-2H3;6-8,11-15,22H,3-5,9-10,16-17H2,1-2H3;6-8,11-15,22H,3-5,9-10,16-17H2,1-2H3/p+3/b16-15+;;. The molecule has 14 heteroatoms. The Morgan fingerprint density at radius 1 is 0.442 bits per heavy atom. The third-order valence-corrected chi connectivity index (χ3v) is 18.7. The van der Waals surface area contributed by atoms with Crippen LogP contribution in [0.1, 0.15) is 162 Å². The summed E-state index contributed by atoms with van der Waals surface area (Å²) < 4.78 is 43.5. The summed E-state index contributed by atoms with van der Waals surface area (Å²) in [7, 11) is 14.0. The van der Waals surface area contributed by atoms with Gasteiger partial charge in [0.1, 0.15) is 19.6 Å². The van der Waals surface area contributed by atoms with Gasteiger partial charge in [-0.15, -0.1) is 0 Å². The Morgan fingerprint density at radius 3 is 1.15 bits per heavy atom. The van der Waals surface area contributed by atoms with E-state index in [9.17, 15) is 27.6 Å². The minimum absolute atomic E-state index is 0.00739. The number of nitrogens with zero attached hydrogens (tertiary/aromatic N) is 3. The molecule has 0 saturated heterocycles. The van der Waals surface area contributed by atoms with Crippen molar-refractivity contribution in [2.75, 3.05) is 42.3 Å². The molecular formula is C72H92Br2F3N6O3+3. The highest BCUT2D eigenvalue weighted by molar-refractivity contribution is 9.10. The number of amides is 3. The minimum Gasteiger partial charge on any atom is -0.348 e. The fourth-order valence-corrected chi connectivity index (χ4v) is 13.3. The first kappa shape index (κ1) is 67.6. The van der Waals surface area contributed by atoms with Crippen LogP contribution in [-0.4, -0.2) is 91.6 Å². The number of rotatable bonds is 19. The van der Waals surface area contributed by atoms with Gasteiger partial charge in [0.25, 0.3) is 11.8 Å². The first-order valence-electron chi connectivity index (χ1n) is 30.9. The normalized spacial score (nSPS) is 15.6. The zero-order chi connectivity index (χ0) is 61.7. The molecule has 3 amide bonds. The van der Waals surface area contributed by atoms with E-state index in [2.05, 4.69) is 151 Å². The van der Waals surface area contributed by atoms with Crippen LogP contribution >= 0.6 is 31.9 Å². The van der Waals surface area contributed by atoms with Gasteiger partial charge in [0, 0.05) is 62.5 Å². The summed E-state index contributed by atoms with van der Waals surface area (Å²) in [5, 5.41) is 8.66. The molecule has 460 valence electrons. The molecule has 3 saturated carbocycles. The van der Waals surface area contributed by atoms with Crippen molar-refractivity contribution in [3.05, 3.63) is 216 Å². The van der Waals surface area contributed by atoms with Gasteiger partial charge in [0.15, 0.2) is 0 Å². The predicted octanol–water partition coefficient (Wildman–Crippen LogP) is 16.5. The summed E-state index contributed by atoms with van der Waals surface area (Å²) in [4.78, 5) is 36.6. The number of hydrogen-bond donors (Lipinski definition) is 3. The number of carbonyl (C=O) groups is 3. The lowest BCUT2D eigenvalue weighted by Gasteiger charge is -2.40.